The average molecular weight is 331 g/mol. The fourth-order valence-electron chi connectivity index (χ4n) is 6.09. The van der Waals surface area contributed by atoms with Crippen LogP contribution in [-0.2, 0) is 16.6 Å². The summed E-state index contributed by atoms with van der Waals surface area (Å²) in [5.41, 5.74) is 1.00. The number of benzene rings is 1. The van der Waals surface area contributed by atoms with Crippen LogP contribution in [0.25, 0.3) is 0 Å². The van der Waals surface area contributed by atoms with E-state index in [2.05, 4.69) is 11.9 Å². The SMILES string of the molecule is CCO[C@H]1CC[C@@]2(O)C3Cc4ccc(O)c5c4[C@@]2(CCN3C)C1O5. The van der Waals surface area contributed by atoms with E-state index in [1.807, 2.05) is 13.0 Å². The zero-order valence-corrected chi connectivity index (χ0v) is 14.3. The summed E-state index contributed by atoms with van der Waals surface area (Å²) in [6.07, 6.45) is 2.93. The van der Waals surface area contributed by atoms with E-state index in [-0.39, 0.29) is 24.0 Å². The fraction of sp³-hybridized carbons (Fsp3) is 0.684. The molecule has 5 heteroatoms. The number of hydrogen-bond acceptors (Lipinski definition) is 5. The van der Waals surface area contributed by atoms with Crippen LogP contribution < -0.4 is 4.74 Å². The van der Waals surface area contributed by atoms with Gasteiger partial charge in [-0.2, -0.15) is 0 Å². The molecule has 2 fully saturated rings. The van der Waals surface area contributed by atoms with Gasteiger partial charge in [-0.1, -0.05) is 6.07 Å². The van der Waals surface area contributed by atoms with Crippen LogP contribution in [0.1, 0.15) is 37.3 Å². The summed E-state index contributed by atoms with van der Waals surface area (Å²) < 4.78 is 12.3. The molecule has 2 N–H and O–H groups in total. The number of nitrogens with zero attached hydrogens (tertiary/aromatic N) is 1. The summed E-state index contributed by atoms with van der Waals surface area (Å²) in [6, 6.07) is 3.85. The van der Waals surface area contributed by atoms with Crippen LogP contribution in [0.3, 0.4) is 0 Å². The average Bonchev–Trinajstić information content (AvgIpc) is 2.91. The first-order valence-corrected chi connectivity index (χ1v) is 9.09. The predicted octanol–water partition coefficient (Wildman–Crippen LogP) is 1.58. The first-order chi connectivity index (χ1) is 11.5. The molecule has 1 saturated heterocycles. The van der Waals surface area contributed by atoms with E-state index in [0.29, 0.717) is 12.4 Å². The summed E-state index contributed by atoms with van der Waals surface area (Å²) >= 11 is 0. The lowest BCUT2D eigenvalue weighted by atomic mass is 9.48. The summed E-state index contributed by atoms with van der Waals surface area (Å²) in [6.45, 7) is 3.57. The van der Waals surface area contributed by atoms with Crippen molar-refractivity contribution >= 4 is 0 Å². The molecule has 1 spiro atoms. The molecule has 2 aliphatic carbocycles. The van der Waals surface area contributed by atoms with E-state index in [0.717, 1.165) is 37.8 Å². The lowest BCUT2D eigenvalue weighted by Gasteiger charge is -2.63. The maximum Gasteiger partial charge on any atom is 0.165 e. The summed E-state index contributed by atoms with van der Waals surface area (Å²) in [4.78, 5) is 2.30. The molecule has 2 heterocycles. The highest BCUT2D eigenvalue weighted by atomic mass is 16.6. The van der Waals surface area contributed by atoms with Crippen molar-refractivity contribution in [3.8, 4) is 11.5 Å². The van der Waals surface area contributed by atoms with Crippen LogP contribution in [0.4, 0.5) is 0 Å². The molecule has 0 aromatic heterocycles. The smallest absolute Gasteiger partial charge is 0.165 e. The van der Waals surface area contributed by atoms with Crippen molar-refractivity contribution in [2.75, 3.05) is 20.2 Å². The standard InChI is InChI=1S/C19H25NO4/c1-3-23-13-6-7-19(22)14-10-11-4-5-12(21)16-15(11)18(19,17(13)24-16)8-9-20(14)2/h4-5,13-14,17,21-22H,3,6-10H2,1-2H3/t13-,14?,17?,18-,19+/m0/s1. The molecule has 130 valence electrons. The minimum absolute atomic E-state index is 0.0305. The van der Waals surface area contributed by atoms with Crippen LogP contribution in [0.5, 0.6) is 11.5 Å². The van der Waals surface area contributed by atoms with Crippen molar-refractivity contribution in [1.29, 1.82) is 0 Å². The van der Waals surface area contributed by atoms with Gasteiger partial charge in [-0.25, -0.2) is 0 Å². The number of phenolic OH excluding ortho intramolecular Hbond substituents is 1. The number of likely N-dealkylation sites (tertiary alicyclic amines) is 1. The molecule has 4 aliphatic rings. The molecule has 24 heavy (non-hydrogen) atoms. The van der Waals surface area contributed by atoms with Gasteiger partial charge in [0.15, 0.2) is 11.5 Å². The Hall–Kier alpha value is -1.30. The molecule has 0 radical (unpaired) electrons. The zero-order chi connectivity index (χ0) is 16.7. The maximum atomic E-state index is 11.9. The van der Waals surface area contributed by atoms with Gasteiger partial charge in [0, 0.05) is 18.2 Å². The molecule has 5 rings (SSSR count). The van der Waals surface area contributed by atoms with E-state index >= 15 is 0 Å². The van der Waals surface area contributed by atoms with Gasteiger partial charge in [0.2, 0.25) is 0 Å². The molecule has 5 atom stereocenters. The number of ether oxygens (including phenoxy) is 2. The monoisotopic (exact) mass is 331 g/mol. The molecule has 2 unspecified atom stereocenters. The number of aliphatic hydroxyl groups is 1. The Morgan fingerprint density at radius 3 is 3.00 bits per heavy atom. The summed E-state index contributed by atoms with van der Waals surface area (Å²) in [7, 11) is 2.11. The van der Waals surface area contributed by atoms with Gasteiger partial charge < -0.3 is 24.6 Å². The van der Waals surface area contributed by atoms with Crippen LogP contribution in [0.2, 0.25) is 0 Å². The van der Waals surface area contributed by atoms with Crippen LogP contribution in [-0.4, -0.2) is 59.2 Å². The minimum atomic E-state index is -0.815. The van der Waals surface area contributed by atoms with E-state index < -0.39 is 11.0 Å². The van der Waals surface area contributed by atoms with Crippen molar-refractivity contribution < 1.29 is 19.7 Å². The van der Waals surface area contributed by atoms with Gasteiger partial charge in [0.05, 0.1) is 17.1 Å². The quantitative estimate of drug-likeness (QED) is 0.862. The Kier molecular flexibility index (Phi) is 2.91. The van der Waals surface area contributed by atoms with E-state index in [9.17, 15) is 10.2 Å². The third-order valence-corrected chi connectivity index (χ3v) is 7.06. The Morgan fingerprint density at radius 2 is 2.21 bits per heavy atom. The Morgan fingerprint density at radius 1 is 1.38 bits per heavy atom. The Labute approximate surface area is 142 Å². The largest absolute Gasteiger partial charge is 0.504 e. The highest BCUT2D eigenvalue weighted by molar-refractivity contribution is 5.62. The van der Waals surface area contributed by atoms with Crippen LogP contribution in [0, 0.1) is 0 Å². The van der Waals surface area contributed by atoms with Gasteiger partial charge in [-0.3, -0.25) is 0 Å². The first kappa shape index (κ1) is 15.0. The van der Waals surface area contributed by atoms with Crippen molar-refractivity contribution in [3.05, 3.63) is 23.3 Å². The van der Waals surface area contributed by atoms with Crippen molar-refractivity contribution in [1.82, 2.24) is 4.90 Å². The maximum absolute atomic E-state index is 11.9. The number of hydrogen-bond donors (Lipinski definition) is 2. The van der Waals surface area contributed by atoms with E-state index in [4.69, 9.17) is 9.47 Å². The molecule has 2 bridgehead atoms. The van der Waals surface area contributed by atoms with Crippen LogP contribution in [0.15, 0.2) is 12.1 Å². The van der Waals surface area contributed by atoms with Gasteiger partial charge >= 0.3 is 0 Å². The zero-order valence-electron chi connectivity index (χ0n) is 14.3. The minimum Gasteiger partial charge on any atom is -0.504 e. The topological polar surface area (TPSA) is 62.2 Å². The Balaban J connectivity index is 1.78. The molecular formula is C19H25NO4. The third-order valence-electron chi connectivity index (χ3n) is 7.06. The molecule has 1 aromatic rings. The molecule has 2 aliphatic heterocycles. The summed E-state index contributed by atoms with van der Waals surface area (Å²) in [5.74, 6) is 0.776. The van der Waals surface area contributed by atoms with Crippen molar-refractivity contribution in [3.63, 3.8) is 0 Å². The number of phenols is 1. The second-order valence-electron chi connectivity index (χ2n) is 7.86. The second kappa shape index (κ2) is 4.65. The molecule has 1 aromatic carbocycles. The highest BCUT2D eigenvalue weighted by Gasteiger charge is 2.72. The number of likely N-dealkylation sites (N-methyl/N-ethyl adjacent to an activating group) is 1. The van der Waals surface area contributed by atoms with Crippen LogP contribution >= 0.6 is 0 Å². The van der Waals surface area contributed by atoms with Gasteiger partial charge in [0.1, 0.15) is 6.10 Å². The van der Waals surface area contributed by atoms with E-state index in [1.165, 1.54) is 5.56 Å². The normalized spacial score (nSPS) is 42.5. The Bertz CT molecular complexity index is 707. The van der Waals surface area contributed by atoms with Gasteiger partial charge in [-0.05, 0) is 57.8 Å². The second-order valence-corrected chi connectivity index (χ2v) is 7.86. The third kappa shape index (κ3) is 1.48. The number of aromatic hydroxyl groups is 1. The lowest BCUT2D eigenvalue weighted by Crippen LogP contribution is -2.76. The molecule has 5 nitrogen and oxygen atoms in total. The highest BCUT2D eigenvalue weighted by Crippen LogP contribution is 2.65. The molecular weight excluding hydrogens is 306 g/mol. The molecule has 1 saturated carbocycles. The van der Waals surface area contributed by atoms with Crippen molar-refractivity contribution in [2.45, 2.75) is 61.9 Å². The molecule has 0 amide bonds. The number of rotatable bonds is 2. The first-order valence-electron chi connectivity index (χ1n) is 9.09. The summed E-state index contributed by atoms with van der Waals surface area (Å²) in [5, 5.41) is 22.3. The lowest BCUT2D eigenvalue weighted by molar-refractivity contribution is -0.211. The van der Waals surface area contributed by atoms with Crippen molar-refractivity contribution in [2.24, 2.45) is 0 Å². The van der Waals surface area contributed by atoms with Gasteiger partial charge in [0.25, 0.3) is 0 Å². The van der Waals surface area contributed by atoms with Gasteiger partial charge in [-0.15, -0.1) is 0 Å². The fourth-order valence-corrected chi connectivity index (χ4v) is 6.09. The predicted molar refractivity (Wildman–Crippen MR) is 88.5 cm³/mol. The number of piperidine rings is 1. The van der Waals surface area contributed by atoms with E-state index in [1.54, 1.807) is 6.07 Å².